The number of carbonyl (C=O) groups excluding carboxylic acids is 4. The number of nitrogens with one attached hydrogen (secondary N) is 4. The van der Waals surface area contributed by atoms with E-state index < -0.39 is 30.0 Å². The molecule has 1 saturated carbocycles. The van der Waals surface area contributed by atoms with Gasteiger partial charge in [-0.25, -0.2) is 0 Å². The standard InChI is InChI=1S/C47H61ClN6O8/c1-29(2)40(43(59)54-27-34(55)23-38(54)42(58)51-26-30-11-18-35(60-7)19-12-30)52-39(56)28-61-22-10-8-9-21-50-33-16-13-31(14-17-33)41(57)53-44-46(3,4)45(47(44,5)6)62-36-20-15-32(25-49)37(48)24-36/h11-20,24,29,34,38,40,44-45,50,55H,8-10,21-23,26-28H2,1-7H3,(H,51,58)(H,52,56)(H,53,57)/t34-,38+,40?,44?,45?/m1/s1. The topological polar surface area (TPSA) is 191 Å². The van der Waals surface area contributed by atoms with Crippen LogP contribution >= 0.6 is 11.6 Å². The lowest BCUT2D eigenvalue weighted by Gasteiger charge is -2.63. The Bertz CT molecular complexity index is 2050. The van der Waals surface area contributed by atoms with Gasteiger partial charge in [-0.3, -0.25) is 19.2 Å². The molecule has 3 aromatic carbocycles. The number of hydrogen-bond acceptors (Lipinski definition) is 10. The molecule has 1 aliphatic heterocycles. The lowest BCUT2D eigenvalue weighted by atomic mass is 9.49. The third-order valence-electron chi connectivity index (χ3n) is 11.8. The first-order valence-electron chi connectivity index (χ1n) is 21.2. The van der Waals surface area contributed by atoms with E-state index in [2.05, 4.69) is 55.0 Å². The molecule has 5 rings (SSSR count). The molecule has 1 unspecified atom stereocenters. The summed E-state index contributed by atoms with van der Waals surface area (Å²) in [5.74, 6) is -0.371. The highest BCUT2D eigenvalue weighted by Gasteiger charge is 2.64. The summed E-state index contributed by atoms with van der Waals surface area (Å²) in [5.41, 5.74) is 1.95. The summed E-state index contributed by atoms with van der Waals surface area (Å²) in [7, 11) is 1.58. The van der Waals surface area contributed by atoms with Gasteiger partial charge in [-0.15, -0.1) is 0 Å². The van der Waals surface area contributed by atoms with Gasteiger partial charge < -0.3 is 45.5 Å². The van der Waals surface area contributed by atoms with Crippen LogP contribution in [0.3, 0.4) is 0 Å². The number of amides is 4. The fourth-order valence-electron chi connectivity index (χ4n) is 8.72. The lowest BCUT2D eigenvalue weighted by Crippen LogP contribution is -2.74. The van der Waals surface area contributed by atoms with Crippen molar-refractivity contribution in [1.82, 2.24) is 20.9 Å². The van der Waals surface area contributed by atoms with Crippen molar-refractivity contribution in [2.45, 2.75) is 104 Å². The van der Waals surface area contributed by atoms with E-state index in [4.69, 9.17) is 25.8 Å². The average molecular weight is 873 g/mol. The first-order chi connectivity index (χ1) is 29.5. The Balaban J connectivity index is 0.975. The van der Waals surface area contributed by atoms with Crippen LogP contribution in [-0.4, -0.2) is 97.4 Å². The van der Waals surface area contributed by atoms with Gasteiger partial charge in [0.1, 0.15) is 42.4 Å². The van der Waals surface area contributed by atoms with Crippen molar-refractivity contribution in [3.8, 4) is 17.6 Å². The highest BCUT2D eigenvalue weighted by atomic mass is 35.5. The van der Waals surface area contributed by atoms with E-state index in [0.29, 0.717) is 40.8 Å². The number of nitrogens with zero attached hydrogens (tertiary/aromatic N) is 2. The van der Waals surface area contributed by atoms with Gasteiger partial charge in [0.05, 0.1) is 23.8 Å². The third kappa shape index (κ3) is 11.8. The first-order valence-corrected chi connectivity index (χ1v) is 21.6. The number of carbonyl (C=O) groups is 4. The highest BCUT2D eigenvalue weighted by Crippen LogP contribution is 2.55. The zero-order chi connectivity index (χ0) is 45.2. The molecule has 1 saturated heterocycles. The molecular weight excluding hydrogens is 812 g/mol. The second-order valence-corrected chi connectivity index (χ2v) is 18.1. The number of hydrogen-bond donors (Lipinski definition) is 5. The van der Waals surface area contributed by atoms with Crippen LogP contribution in [-0.2, 0) is 25.7 Å². The Kier molecular flexibility index (Phi) is 16.3. The molecule has 0 bridgehead atoms. The maximum Gasteiger partial charge on any atom is 0.251 e. The number of anilines is 1. The van der Waals surface area contributed by atoms with Gasteiger partial charge in [0.25, 0.3) is 5.91 Å². The Hall–Kier alpha value is -5.36. The fourth-order valence-corrected chi connectivity index (χ4v) is 8.93. The molecular formula is C47H61ClN6O8. The van der Waals surface area contributed by atoms with E-state index in [1.807, 2.05) is 38.1 Å². The van der Waals surface area contributed by atoms with Crippen LogP contribution < -0.4 is 30.7 Å². The molecule has 0 radical (unpaired) electrons. The summed E-state index contributed by atoms with van der Waals surface area (Å²) >= 11 is 6.23. The smallest absolute Gasteiger partial charge is 0.251 e. The van der Waals surface area contributed by atoms with Gasteiger partial charge in [0.2, 0.25) is 17.7 Å². The summed E-state index contributed by atoms with van der Waals surface area (Å²) in [6.07, 6.45) is 1.52. The van der Waals surface area contributed by atoms with Crippen LogP contribution in [0.1, 0.15) is 88.7 Å². The molecule has 3 atom stereocenters. The summed E-state index contributed by atoms with van der Waals surface area (Å²) < 4.78 is 17.1. The predicted molar refractivity (Wildman–Crippen MR) is 237 cm³/mol. The van der Waals surface area contributed by atoms with Crippen LogP contribution in [0.25, 0.3) is 0 Å². The summed E-state index contributed by atoms with van der Waals surface area (Å²) in [4.78, 5) is 54.3. The van der Waals surface area contributed by atoms with Gasteiger partial charge >= 0.3 is 0 Å². The van der Waals surface area contributed by atoms with Gasteiger partial charge in [-0.2, -0.15) is 5.26 Å². The Morgan fingerprint density at radius 2 is 1.63 bits per heavy atom. The van der Waals surface area contributed by atoms with Crippen molar-refractivity contribution in [3.05, 3.63) is 88.4 Å². The number of β-amino-alcohol motifs (C(OH)–C–C–N with tert-alkyl or cyclic N) is 1. The van der Waals surface area contributed by atoms with Crippen LogP contribution in [0, 0.1) is 28.1 Å². The van der Waals surface area contributed by atoms with Crippen LogP contribution in [0.5, 0.6) is 11.5 Å². The SMILES string of the molecule is COc1ccc(CNC(=O)[C@@H]2C[C@@H](O)CN2C(=O)C(NC(=O)COCCCCCNc2ccc(C(=O)NC3C(C)(C)C(Oc4ccc(C#N)c(Cl)c4)C3(C)C)cc2)C(C)C)cc1. The Morgan fingerprint density at radius 3 is 2.26 bits per heavy atom. The molecule has 4 amide bonds. The quantitative estimate of drug-likeness (QED) is 0.0862. The Labute approximate surface area is 370 Å². The van der Waals surface area contributed by atoms with Gasteiger partial charge in [-0.1, -0.05) is 65.3 Å². The molecule has 1 aliphatic carbocycles. The molecule has 5 N–H and O–H groups in total. The summed E-state index contributed by atoms with van der Waals surface area (Å²) in [6.45, 7) is 13.0. The minimum atomic E-state index is -0.888. The van der Waals surface area contributed by atoms with Crippen molar-refractivity contribution in [2.24, 2.45) is 16.7 Å². The second kappa shape index (κ2) is 21.1. The zero-order valence-electron chi connectivity index (χ0n) is 36.8. The minimum Gasteiger partial charge on any atom is -0.497 e. The maximum absolute atomic E-state index is 13.7. The molecule has 1 heterocycles. The second-order valence-electron chi connectivity index (χ2n) is 17.7. The molecule has 14 nitrogen and oxygen atoms in total. The van der Waals surface area contributed by atoms with E-state index in [1.54, 1.807) is 49.6 Å². The van der Waals surface area contributed by atoms with Crippen molar-refractivity contribution in [2.75, 3.05) is 38.7 Å². The monoisotopic (exact) mass is 872 g/mol. The number of likely N-dealkylation sites (tertiary alicyclic amines) is 1. The number of methoxy groups -OCH3 is 1. The molecule has 0 aromatic heterocycles. The predicted octanol–water partition coefficient (Wildman–Crippen LogP) is 5.85. The number of unbranched alkanes of at least 4 members (excludes halogenated alkanes) is 2. The first kappa shape index (κ1) is 47.7. The van der Waals surface area contributed by atoms with Crippen molar-refractivity contribution in [3.63, 3.8) is 0 Å². The van der Waals surface area contributed by atoms with Crippen LogP contribution in [0.15, 0.2) is 66.7 Å². The summed E-state index contributed by atoms with van der Waals surface area (Å²) in [6, 6.07) is 19.8. The van der Waals surface area contributed by atoms with E-state index in [0.717, 1.165) is 30.5 Å². The largest absolute Gasteiger partial charge is 0.497 e. The van der Waals surface area contributed by atoms with Gasteiger partial charge in [0, 0.05) is 66.9 Å². The van der Waals surface area contributed by atoms with Crippen molar-refractivity contribution in [1.29, 1.82) is 5.26 Å². The molecule has 3 aromatic rings. The van der Waals surface area contributed by atoms with E-state index in [1.165, 1.54) is 4.90 Å². The third-order valence-corrected chi connectivity index (χ3v) is 12.2. The highest BCUT2D eigenvalue weighted by molar-refractivity contribution is 6.31. The van der Waals surface area contributed by atoms with E-state index >= 15 is 0 Å². The zero-order valence-corrected chi connectivity index (χ0v) is 37.5. The summed E-state index contributed by atoms with van der Waals surface area (Å²) in [5, 5.41) is 32.2. The average Bonchev–Trinajstić information content (AvgIpc) is 3.65. The molecule has 62 heavy (non-hydrogen) atoms. The number of benzene rings is 3. The number of rotatable bonds is 20. The van der Waals surface area contributed by atoms with Crippen LogP contribution in [0.2, 0.25) is 5.02 Å². The van der Waals surface area contributed by atoms with Crippen molar-refractivity contribution < 1.29 is 38.5 Å². The number of nitriles is 1. The number of halogens is 1. The van der Waals surface area contributed by atoms with E-state index in [-0.39, 0.29) is 66.8 Å². The normalized spacial score (nSPS) is 20.3. The lowest BCUT2D eigenvalue weighted by molar-refractivity contribution is -0.164. The molecule has 15 heteroatoms. The molecule has 334 valence electrons. The maximum atomic E-state index is 13.7. The number of ether oxygens (including phenoxy) is 3. The van der Waals surface area contributed by atoms with Crippen molar-refractivity contribution >= 4 is 40.9 Å². The molecule has 2 aliphatic rings. The van der Waals surface area contributed by atoms with Crippen LogP contribution in [0.4, 0.5) is 5.69 Å². The molecule has 0 spiro atoms. The van der Waals surface area contributed by atoms with Gasteiger partial charge in [0.15, 0.2) is 0 Å². The number of aliphatic hydroxyl groups excluding tert-OH is 1. The number of aliphatic hydroxyl groups is 1. The van der Waals surface area contributed by atoms with Gasteiger partial charge in [-0.05, 0) is 79.3 Å². The minimum absolute atomic E-state index is 0.00229. The fraction of sp³-hybridized carbons (Fsp3) is 0.511. The molecule has 2 fully saturated rings. The van der Waals surface area contributed by atoms with E-state index in [9.17, 15) is 29.5 Å². The Morgan fingerprint density at radius 1 is 0.952 bits per heavy atom.